The third-order valence-corrected chi connectivity index (χ3v) is 6.10. The van der Waals surface area contributed by atoms with Crippen LogP contribution in [0.1, 0.15) is 27.8 Å². The van der Waals surface area contributed by atoms with Crippen molar-refractivity contribution >= 4 is 11.8 Å². The van der Waals surface area contributed by atoms with Gasteiger partial charge in [0, 0.05) is 41.9 Å². The van der Waals surface area contributed by atoms with Gasteiger partial charge in [-0.1, -0.05) is 23.9 Å². The minimum atomic E-state index is -4.51. The quantitative estimate of drug-likeness (QED) is 0.167. The van der Waals surface area contributed by atoms with Gasteiger partial charge in [-0.15, -0.1) is 0 Å². The van der Waals surface area contributed by atoms with Crippen molar-refractivity contribution < 1.29 is 27.0 Å². The molecule has 4 aromatic rings. The van der Waals surface area contributed by atoms with E-state index in [0.717, 1.165) is 23.3 Å². The number of methoxy groups -OCH3 is 1. The van der Waals surface area contributed by atoms with Crippen molar-refractivity contribution in [2.45, 2.75) is 30.2 Å². The Morgan fingerprint density at radius 2 is 1.81 bits per heavy atom. The van der Waals surface area contributed by atoms with E-state index < -0.39 is 24.0 Å². The third-order valence-electron chi connectivity index (χ3n) is 5.14. The number of alkyl halides is 4. The zero-order chi connectivity index (χ0) is 26.4. The number of rotatable bonds is 9. The monoisotopic (exact) mass is 532 g/mol. The molecule has 0 aliphatic carbocycles. The van der Waals surface area contributed by atoms with E-state index in [9.17, 15) is 22.4 Å². The number of hydrogen-bond acceptors (Lipinski definition) is 7. The van der Waals surface area contributed by atoms with E-state index in [1.807, 2.05) is 0 Å². The van der Waals surface area contributed by atoms with Crippen molar-refractivity contribution in [3.05, 3.63) is 99.2 Å². The van der Waals surface area contributed by atoms with Gasteiger partial charge in [-0.25, -0.2) is 14.4 Å². The number of halogens is 4. The number of nitrogens with one attached hydrogen (secondary N) is 1. The highest BCUT2D eigenvalue weighted by atomic mass is 32.2. The van der Waals surface area contributed by atoms with Gasteiger partial charge in [0.15, 0.2) is 5.16 Å². The maximum Gasteiger partial charge on any atom is 0.416 e. The number of benzene rings is 2. The highest BCUT2D eigenvalue weighted by Crippen LogP contribution is 2.34. The lowest BCUT2D eigenvalue weighted by Crippen LogP contribution is -2.15. The van der Waals surface area contributed by atoms with Crippen LogP contribution >= 0.6 is 11.8 Å². The molecule has 0 saturated carbocycles. The summed E-state index contributed by atoms with van der Waals surface area (Å²) in [4.78, 5) is 27.5. The molecule has 37 heavy (non-hydrogen) atoms. The number of nitrogens with zero attached hydrogens (tertiary/aromatic N) is 3. The Morgan fingerprint density at radius 3 is 2.49 bits per heavy atom. The number of hydrogen-bond donors (Lipinski definition) is 1. The normalized spacial score (nSPS) is 11.4. The molecule has 7 nitrogen and oxygen atoms in total. The molecule has 0 unspecified atom stereocenters. The Hall–Kier alpha value is -3.93. The van der Waals surface area contributed by atoms with Gasteiger partial charge in [-0.05, 0) is 41.5 Å². The SMILES string of the molecule is COc1ncc(Cc2c[nH]c(SCc3ccc(Oc4cccc(C(F)(F)F)c4)c(CF)c3)nc2=O)cn1. The van der Waals surface area contributed by atoms with Crippen molar-refractivity contribution in [2.75, 3.05) is 7.11 Å². The molecule has 2 heterocycles. The van der Waals surface area contributed by atoms with Gasteiger partial charge in [0.1, 0.15) is 18.2 Å². The first-order chi connectivity index (χ1) is 17.7. The number of thioether (sulfide) groups is 1. The third kappa shape index (κ3) is 6.85. The molecule has 0 saturated heterocycles. The van der Waals surface area contributed by atoms with Crippen LogP contribution in [0.5, 0.6) is 17.5 Å². The van der Waals surface area contributed by atoms with Gasteiger partial charge in [0.25, 0.3) is 5.56 Å². The van der Waals surface area contributed by atoms with E-state index in [4.69, 9.17) is 9.47 Å². The minimum absolute atomic E-state index is 0.0466. The zero-order valence-corrected chi connectivity index (χ0v) is 20.2. The van der Waals surface area contributed by atoms with Crippen LogP contribution in [0.2, 0.25) is 0 Å². The molecule has 0 amide bonds. The van der Waals surface area contributed by atoms with Gasteiger partial charge in [-0.2, -0.15) is 18.2 Å². The molecule has 1 N–H and O–H groups in total. The van der Waals surface area contributed by atoms with E-state index >= 15 is 0 Å². The van der Waals surface area contributed by atoms with Gasteiger partial charge in [-0.3, -0.25) is 4.79 Å². The van der Waals surface area contributed by atoms with Crippen molar-refractivity contribution in [3.63, 3.8) is 0 Å². The van der Waals surface area contributed by atoms with Crippen molar-refractivity contribution in [3.8, 4) is 17.5 Å². The molecule has 4 rings (SSSR count). The number of H-pyrrole nitrogens is 1. The maximum absolute atomic E-state index is 13.7. The molecule has 0 aliphatic heterocycles. The fourth-order valence-corrected chi connectivity index (χ4v) is 4.08. The first-order valence-corrected chi connectivity index (χ1v) is 11.8. The molecule has 12 heteroatoms. The molecule has 0 fully saturated rings. The average Bonchev–Trinajstić information content (AvgIpc) is 2.89. The van der Waals surface area contributed by atoms with Crippen molar-refractivity contribution in [2.24, 2.45) is 0 Å². The maximum atomic E-state index is 13.7. The second-order valence-electron chi connectivity index (χ2n) is 7.78. The van der Waals surface area contributed by atoms with Crippen molar-refractivity contribution in [1.82, 2.24) is 19.9 Å². The Balaban J connectivity index is 1.41. The van der Waals surface area contributed by atoms with Gasteiger partial charge < -0.3 is 14.5 Å². The average molecular weight is 533 g/mol. The number of ether oxygens (including phenoxy) is 2. The summed E-state index contributed by atoms with van der Waals surface area (Å²) >= 11 is 1.25. The predicted molar refractivity (Wildman–Crippen MR) is 129 cm³/mol. The molecule has 192 valence electrons. The van der Waals surface area contributed by atoms with Crippen LogP contribution in [0.15, 0.2) is 71.0 Å². The lowest BCUT2D eigenvalue weighted by Gasteiger charge is -2.13. The highest BCUT2D eigenvalue weighted by molar-refractivity contribution is 7.98. The lowest BCUT2D eigenvalue weighted by molar-refractivity contribution is -0.137. The molecule has 2 aromatic carbocycles. The summed E-state index contributed by atoms with van der Waals surface area (Å²) in [5, 5.41) is 0.380. The van der Waals surface area contributed by atoms with E-state index in [1.54, 1.807) is 30.7 Å². The van der Waals surface area contributed by atoms with Crippen molar-refractivity contribution in [1.29, 1.82) is 0 Å². The van der Waals surface area contributed by atoms with E-state index in [2.05, 4.69) is 19.9 Å². The predicted octanol–water partition coefficient (Wildman–Crippen LogP) is 5.73. The molecule has 2 aromatic heterocycles. The molecule has 0 atom stereocenters. The Kier molecular flexibility index (Phi) is 8.07. The van der Waals surface area contributed by atoms with Crippen LogP contribution in [-0.4, -0.2) is 27.0 Å². The summed E-state index contributed by atoms with van der Waals surface area (Å²) in [5.41, 5.74) is 0.815. The van der Waals surface area contributed by atoms with E-state index in [-0.39, 0.29) is 23.1 Å². The number of aromatic nitrogens is 4. The van der Waals surface area contributed by atoms with Crippen LogP contribution in [0, 0.1) is 0 Å². The summed E-state index contributed by atoms with van der Waals surface area (Å²) in [6, 6.07) is 9.35. The number of aromatic amines is 1. The highest BCUT2D eigenvalue weighted by Gasteiger charge is 2.30. The fraction of sp³-hybridized carbons (Fsp3) is 0.200. The van der Waals surface area contributed by atoms with E-state index in [0.29, 0.717) is 22.9 Å². The molecule has 0 radical (unpaired) electrons. The van der Waals surface area contributed by atoms with Crippen LogP contribution < -0.4 is 15.0 Å². The summed E-state index contributed by atoms with van der Waals surface area (Å²) in [6.45, 7) is -0.869. The fourth-order valence-electron chi connectivity index (χ4n) is 3.31. The summed E-state index contributed by atoms with van der Waals surface area (Å²) < 4.78 is 63.0. The topological polar surface area (TPSA) is 90.0 Å². The second-order valence-corrected chi connectivity index (χ2v) is 8.75. The van der Waals surface area contributed by atoms with Crippen LogP contribution in [0.4, 0.5) is 17.6 Å². The molecular formula is C25H20F4N4O3S. The Bertz CT molecular complexity index is 1430. The first-order valence-electron chi connectivity index (χ1n) is 10.8. The largest absolute Gasteiger partial charge is 0.467 e. The molecule has 0 bridgehead atoms. The molecule has 0 aliphatic rings. The lowest BCUT2D eigenvalue weighted by atomic mass is 10.1. The van der Waals surface area contributed by atoms with E-state index in [1.165, 1.54) is 37.1 Å². The second kappa shape index (κ2) is 11.4. The molecule has 0 spiro atoms. The van der Waals surface area contributed by atoms with Gasteiger partial charge in [0.05, 0.1) is 12.7 Å². The minimum Gasteiger partial charge on any atom is -0.467 e. The first kappa shape index (κ1) is 26.1. The standard InChI is InChI=1S/C25H20F4N4O3S/c1-35-23-30-11-16(12-31-23)8-18-13-32-24(33-22(18)34)37-14-15-5-6-21(17(7-15)10-26)36-20-4-2-3-19(9-20)25(27,28)29/h2-7,9,11-13H,8,10,14H2,1H3,(H,32,33,34). The smallest absolute Gasteiger partial charge is 0.416 e. The summed E-state index contributed by atoms with van der Waals surface area (Å²) in [6.07, 6.45) is 0.486. The zero-order valence-electron chi connectivity index (χ0n) is 19.4. The van der Waals surface area contributed by atoms with Crippen LogP contribution in [0.25, 0.3) is 0 Å². The van der Waals surface area contributed by atoms with Crippen LogP contribution in [-0.2, 0) is 25.0 Å². The summed E-state index contributed by atoms with van der Waals surface area (Å²) in [7, 11) is 1.46. The van der Waals surface area contributed by atoms with Gasteiger partial charge >= 0.3 is 12.2 Å². The Morgan fingerprint density at radius 1 is 1.03 bits per heavy atom. The Labute approximate surface area is 212 Å². The molecular weight excluding hydrogens is 512 g/mol. The summed E-state index contributed by atoms with van der Waals surface area (Å²) in [5.74, 6) is 0.439. The van der Waals surface area contributed by atoms with Crippen LogP contribution in [0.3, 0.4) is 0 Å². The van der Waals surface area contributed by atoms with Gasteiger partial charge in [0.2, 0.25) is 0 Å².